The summed E-state index contributed by atoms with van der Waals surface area (Å²) in [6.07, 6.45) is -4.66. The predicted octanol–water partition coefficient (Wildman–Crippen LogP) is -0.166. The molecule has 0 aliphatic carbocycles. The molecular formula is C5H7F3N4O. The quantitative estimate of drug-likeness (QED) is 0.582. The van der Waals surface area contributed by atoms with Gasteiger partial charge in [0.15, 0.2) is 11.4 Å². The van der Waals surface area contributed by atoms with E-state index in [1.165, 1.54) is 0 Å². The van der Waals surface area contributed by atoms with Crippen LogP contribution >= 0.6 is 0 Å². The number of H-pyrrole nitrogens is 2. The molecule has 1 aromatic heterocycles. The number of alkyl halides is 3. The highest BCUT2D eigenvalue weighted by Crippen LogP contribution is 2.33. The van der Waals surface area contributed by atoms with E-state index in [2.05, 4.69) is 5.10 Å². The fourth-order valence-corrected chi connectivity index (χ4v) is 0.650. The number of aromatic nitrogens is 3. The maximum Gasteiger partial charge on any atom is 0.413 e. The molecule has 1 heterocycles. The Labute approximate surface area is 70.1 Å². The molecule has 0 aliphatic heterocycles. The molecule has 0 fully saturated rings. The van der Waals surface area contributed by atoms with Gasteiger partial charge in [-0.2, -0.15) is 18.3 Å². The fraction of sp³-hybridized carbons (Fsp3) is 0.600. The molecule has 74 valence electrons. The third-order valence-corrected chi connectivity index (χ3v) is 1.58. The Bertz CT molecular complexity index is 349. The van der Waals surface area contributed by atoms with Gasteiger partial charge in [0.05, 0.1) is 0 Å². The summed E-state index contributed by atoms with van der Waals surface area (Å²) in [5, 5.41) is 4.92. The zero-order chi connectivity index (χ0) is 10.3. The minimum atomic E-state index is -4.66. The van der Waals surface area contributed by atoms with Crippen molar-refractivity contribution >= 4 is 0 Å². The molecule has 0 aliphatic rings. The smallest absolute Gasteiger partial charge is 0.311 e. The van der Waals surface area contributed by atoms with Crippen LogP contribution in [0, 0.1) is 0 Å². The number of rotatable bonds is 1. The van der Waals surface area contributed by atoms with Gasteiger partial charge < -0.3 is 5.73 Å². The zero-order valence-corrected chi connectivity index (χ0v) is 6.57. The van der Waals surface area contributed by atoms with Gasteiger partial charge in [-0.05, 0) is 6.92 Å². The lowest BCUT2D eigenvalue weighted by Gasteiger charge is -2.24. The van der Waals surface area contributed by atoms with E-state index in [4.69, 9.17) is 5.73 Å². The fourth-order valence-electron chi connectivity index (χ4n) is 0.650. The standard InChI is InChI=1S/C5H7F3N4O/c1-4(9,5(6,7)8)2-10-3(13)12-11-2/h9H2,1H3,(H2,10,11,12,13). The van der Waals surface area contributed by atoms with Crippen LogP contribution in [-0.2, 0) is 5.54 Å². The predicted molar refractivity (Wildman–Crippen MR) is 36.8 cm³/mol. The molecule has 0 saturated carbocycles. The van der Waals surface area contributed by atoms with Gasteiger partial charge in [-0.3, -0.25) is 4.98 Å². The summed E-state index contributed by atoms with van der Waals surface area (Å²) in [7, 11) is 0. The van der Waals surface area contributed by atoms with Crippen LogP contribution in [0.25, 0.3) is 0 Å². The molecule has 0 radical (unpaired) electrons. The normalized spacial score (nSPS) is 17.0. The van der Waals surface area contributed by atoms with Crippen molar-refractivity contribution in [2.45, 2.75) is 18.6 Å². The van der Waals surface area contributed by atoms with Gasteiger partial charge in [-0.25, -0.2) is 9.89 Å². The molecule has 1 rings (SSSR count). The van der Waals surface area contributed by atoms with E-state index in [1.54, 1.807) is 5.10 Å². The number of hydrogen-bond donors (Lipinski definition) is 3. The number of aromatic amines is 2. The first-order valence-corrected chi connectivity index (χ1v) is 3.26. The Balaban J connectivity index is 3.14. The number of hydrogen-bond acceptors (Lipinski definition) is 3. The van der Waals surface area contributed by atoms with Crippen LogP contribution in [0.4, 0.5) is 13.2 Å². The van der Waals surface area contributed by atoms with Crippen molar-refractivity contribution in [2.75, 3.05) is 0 Å². The zero-order valence-electron chi connectivity index (χ0n) is 6.57. The third-order valence-electron chi connectivity index (χ3n) is 1.58. The number of nitrogens with two attached hydrogens (primary N) is 1. The van der Waals surface area contributed by atoms with Gasteiger partial charge in [0.1, 0.15) is 0 Å². The Morgan fingerprint density at radius 3 is 2.31 bits per heavy atom. The van der Waals surface area contributed by atoms with E-state index in [0.717, 1.165) is 6.92 Å². The summed E-state index contributed by atoms with van der Waals surface area (Å²) in [5.41, 5.74) is 1.48. The summed E-state index contributed by atoms with van der Waals surface area (Å²) in [6.45, 7) is 0.721. The van der Waals surface area contributed by atoms with E-state index in [-0.39, 0.29) is 0 Å². The minimum Gasteiger partial charge on any atom is -0.311 e. The van der Waals surface area contributed by atoms with Crippen LogP contribution in [0.1, 0.15) is 12.7 Å². The molecule has 0 saturated heterocycles. The lowest BCUT2D eigenvalue weighted by molar-refractivity contribution is -0.186. The second-order valence-electron chi connectivity index (χ2n) is 2.73. The topological polar surface area (TPSA) is 87.6 Å². The van der Waals surface area contributed by atoms with E-state index in [1.807, 2.05) is 4.98 Å². The lowest BCUT2D eigenvalue weighted by atomic mass is 10.0. The first-order valence-electron chi connectivity index (χ1n) is 3.26. The van der Waals surface area contributed by atoms with Gasteiger partial charge in [-0.15, -0.1) is 0 Å². The van der Waals surface area contributed by atoms with Crippen molar-refractivity contribution in [1.29, 1.82) is 0 Å². The molecule has 1 unspecified atom stereocenters. The molecule has 1 aromatic rings. The Kier molecular flexibility index (Phi) is 1.95. The van der Waals surface area contributed by atoms with E-state index in [9.17, 15) is 18.0 Å². The van der Waals surface area contributed by atoms with Crippen LogP contribution in [0.2, 0.25) is 0 Å². The van der Waals surface area contributed by atoms with Crippen LogP contribution in [0.15, 0.2) is 4.79 Å². The molecule has 0 amide bonds. The third kappa shape index (κ3) is 1.57. The lowest BCUT2D eigenvalue weighted by Crippen LogP contribution is -2.48. The molecule has 0 aromatic carbocycles. The second kappa shape index (κ2) is 2.59. The first-order chi connectivity index (χ1) is 5.75. The Hall–Kier alpha value is -1.31. The molecule has 5 nitrogen and oxygen atoms in total. The maximum atomic E-state index is 12.2. The molecule has 8 heteroatoms. The summed E-state index contributed by atoms with van der Waals surface area (Å²) >= 11 is 0. The van der Waals surface area contributed by atoms with Crippen LogP contribution < -0.4 is 11.4 Å². The van der Waals surface area contributed by atoms with Gasteiger partial charge in [0.2, 0.25) is 0 Å². The summed E-state index contributed by atoms with van der Waals surface area (Å²) in [5.74, 6) is -0.634. The van der Waals surface area contributed by atoms with E-state index < -0.39 is 23.2 Å². The maximum absolute atomic E-state index is 12.2. The van der Waals surface area contributed by atoms with Crippen LogP contribution in [-0.4, -0.2) is 21.4 Å². The van der Waals surface area contributed by atoms with Crippen molar-refractivity contribution in [3.63, 3.8) is 0 Å². The van der Waals surface area contributed by atoms with Crippen molar-refractivity contribution in [3.05, 3.63) is 16.3 Å². The average Bonchev–Trinajstić information content (AvgIpc) is 2.33. The van der Waals surface area contributed by atoms with Crippen molar-refractivity contribution in [3.8, 4) is 0 Å². The van der Waals surface area contributed by atoms with Crippen molar-refractivity contribution < 1.29 is 13.2 Å². The van der Waals surface area contributed by atoms with Crippen LogP contribution in [0.5, 0.6) is 0 Å². The molecule has 13 heavy (non-hydrogen) atoms. The average molecular weight is 196 g/mol. The second-order valence-corrected chi connectivity index (χ2v) is 2.73. The van der Waals surface area contributed by atoms with E-state index in [0.29, 0.717) is 0 Å². The van der Waals surface area contributed by atoms with E-state index >= 15 is 0 Å². The highest BCUT2D eigenvalue weighted by molar-refractivity contribution is 5.04. The van der Waals surface area contributed by atoms with Gasteiger partial charge in [0, 0.05) is 0 Å². The minimum absolute atomic E-state index is 0.634. The van der Waals surface area contributed by atoms with Crippen molar-refractivity contribution in [2.24, 2.45) is 5.73 Å². The number of halogens is 3. The summed E-state index contributed by atoms with van der Waals surface area (Å²) in [6, 6.07) is 0. The summed E-state index contributed by atoms with van der Waals surface area (Å²) < 4.78 is 36.7. The van der Waals surface area contributed by atoms with Crippen molar-refractivity contribution in [1.82, 2.24) is 15.2 Å². The Morgan fingerprint density at radius 1 is 1.46 bits per heavy atom. The SMILES string of the molecule is CC(N)(c1n[nH]c(=O)[nH]1)C(F)(F)F. The molecule has 0 bridgehead atoms. The molecule has 1 atom stereocenters. The largest absolute Gasteiger partial charge is 0.413 e. The number of nitrogens with zero attached hydrogens (tertiary/aromatic N) is 1. The Morgan fingerprint density at radius 2 is 2.00 bits per heavy atom. The molecule has 4 N–H and O–H groups in total. The first kappa shape index (κ1) is 9.78. The number of nitrogens with one attached hydrogen (secondary N) is 2. The summed E-state index contributed by atoms with van der Waals surface area (Å²) in [4.78, 5) is 12.3. The monoisotopic (exact) mass is 196 g/mol. The van der Waals surface area contributed by atoms with Gasteiger partial charge >= 0.3 is 11.9 Å². The highest BCUT2D eigenvalue weighted by Gasteiger charge is 2.51. The van der Waals surface area contributed by atoms with Crippen LogP contribution in [0.3, 0.4) is 0 Å². The highest BCUT2D eigenvalue weighted by atomic mass is 19.4. The molecular weight excluding hydrogens is 189 g/mol. The van der Waals surface area contributed by atoms with Gasteiger partial charge in [0.25, 0.3) is 0 Å². The van der Waals surface area contributed by atoms with Gasteiger partial charge in [-0.1, -0.05) is 0 Å². The molecule has 0 spiro atoms.